The van der Waals surface area contributed by atoms with E-state index in [2.05, 4.69) is 5.32 Å². The molecule has 0 radical (unpaired) electrons. The van der Waals surface area contributed by atoms with Crippen molar-refractivity contribution in [1.29, 1.82) is 5.26 Å². The van der Waals surface area contributed by atoms with Gasteiger partial charge in [0, 0.05) is 13.2 Å². The first kappa shape index (κ1) is 12.7. The quantitative estimate of drug-likeness (QED) is 0.612. The van der Waals surface area contributed by atoms with Crippen LogP contribution in [0.4, 0.5) is 0 Å². The summed E-state index contributed by atoms with van der Waals surface area (Å²) in [6.45, 7) is 1.29. The van der Waals surface area contributed by atoms with Gasteiger partial charge in [-0.25, -0.2) is 0 Å². The molecule has 0 amide bonds. The summed E-state index contributed by atoms with van der Waals surface area (Å²) >= 11 is 0. The molecule has 1 unspecified atom stereocenters. The van der Waals surface area contributed by atoms with Gasteiger partial charge in [-0.05, 0) is 30.7 Å². The Kier molecular flexibility index (Phi) is 5.51. The van der Waals surface area contributed by atoms with Crippen molar-refractivity contribution in [2.45, 2.75) is 12.5 Å². The van der Waals surface area contributed by atoms with Crippen LogP contribution < -0.4 is 5.32 Å². The van der Waals surface area contributed by atoms with Crippen LogP contribution in [0.15, 0.2) is 24.3 Å². The Morgan fingerprint density at radius 3 is 2.56 bits per heavy atom. The molecule has 1 rings (SSSR count). The second-order valence-electron chi connectivity index (χ2n) is 3.53. The largest absolute Gasteiger partial charge is 0.396 e. The van der Waals surface area contributed by atoms with Gasteiger partial charge in [0.15, 0.2) is 0 Å². The van der Waals surface area contributed by atoms with Crippen molar-refractivity contribution in [3.05, 3.63) is 35.4 Å². The first-order valence-electron chi connectivity index (χ1n) is 5.27. The summed E-state index contributed by atoms with van der Waals surface area (Å²) in [5, 5.41) is 30.0. The SMILES string of the molecule is N#Cc1ccc(C(O)CNCCCO)cc1. The third-order valence-electron chi connectivity index (χ3n) is 2.27. The maximum Gasteiger partial charge on any atom is 0.0991 e. The van der Waals surface area contributed by atoms with Crippen LogP contribution in [-0.4, -0.2) is 29.9 Å². The number of benzene rings is 1. The molecule has 1 aromatic rings. The molecule has 1 atom stereocenters. The van der Waals surface area contributed by atoms with Crippen LogP contribution in [0.1, 0.15) is 23.7 Å². The number of nitrogens with one attached hydrogen (secondary N) is 1. The van der Waals surface area contributed by atoms with Crippen molar-refractivity contribution >= 4 is 0 Å². The fourth-order valence-corrected chi connectivity index (χ4v) is 1.34. The smallest absolute Gasteiger partial charge is 0.0991 e. The van der Waals surface area contributed by atoms with E-state index in [-0.39, 0.29) is 6.61 Å². The summed E-state index contributed by atoms with van der Waals surface area (Å²) in [6.07, 6.45) is 0.103. The van der Waals surface area contributed by atoms with Crippen LogP contribution in [0.2, 0.25) is 0 Å². The summed E-state index contributed by atoms with van der Waals surface area (Å²) in [6, 6.07) is 8.90. The van der Waals surface area contributed by atoms with Crippen LogP contribution in [0, 0.1) is 11.3 Å². The minimum atomic E-state index is -0.577. The zero-order valence-corrected chi connectivity index (χ0v) is 9.06. The van der Waals surface area contributed by atoms with Gasteiger partial charge in [-0.15, -0.1) is 0 Å². The van der Waals surface area contributed by atoms with E-state index in [0.29, 0.717) is 25.1 Å². The average Bonchev–Trinajstić information content (AvgIpc) is 2.34. The van der Waals surface area contributed by atoms with Crippen LogP contribution in [-0.2, 0) is 0 Å². The van der Waals surface area contributed by atoms with E-state index in [0.717, 1.165) is 5.56 Å². The Morgan fingerprint density at radius 1 is 1.31 bits per heavy atom. The van der Waals surface area contributed by atoms with Crippen LogP contribution >= 0.6 is 0 Å². The van der Waals surface area contributed by atoms with Crippen molar-refractivity contribution in [2.75, 3.05) is 19.7 Å². The molecule has 3 N–H and O–H groups in total. The first-order chi connectivity index (χ1) is 7.77. The van der Waals surface area contributed by atoms with E-state index < -0.39 is 6.10 Å². The summed E-state index contributed by atoms with van der Waals surface area (Å²) in [5.41, 5.74) is 1.37. The highest BCUT2D eigenvalue weighted by Crippen LogP contribution is 2.12. The number of hydrogen-bond acceptors (Lipinski definition) is 4. The number of nitriles is 1. The Morgan fingerprint density at radius 2 is 2.00 bits per heavy atom. The molecule has 16 heavy (non-hydrogen) atoms. The van der Waals surface area contributed by atoms with Crippen molar-refractivity contribution < 1.29 is 10.2 Å². The molecule has 0 saturated carbocycles. The Labute approximate surface area is 95.2 Å². The van der Waals surface area contributed by atoms with E-state index in [1.165, 1.54) is 0 Å². The van der Waals surface area contributed by atoms with Crippen LogP contribution in [0.5, 0.6) is 0 Å². The Balaban J connectivity index is 2.40. The van der Waals surface area contributed by atoms with E-state index in [4.69, 9.17) is 10.4 Å². The lowest BCUT2D eigenvalue weighted by Crippen LogP contribution is -2.23. The second kappa shape index (κ2) is 6.96. The standard InChI is InChI=1S/C12H16N2O2/c13-8-10-2-4-11(5-3-10)12(16)9-14-6-1-7-15/h2-5,12,14-16H,1,6-7,9H2. The molecular weight excluding hydrogens is 204 g/mol. The zero-order chi connectivity index (χ0) is 11.8. The third-order valence-corrected chi connectivity index (χ3v) is 2.27. The normalized spacial score (nSPS) is 12.1. The molecular formula is C12H16N2O2. The number of nitrogens with zero attached hydrogens (tertiary/aromatic N) is 1. The molecule has 4 nitrogen and oxygen atoms in total. The van der Waals surface area contributed by atoms with E-state index in [1.807, 2.05) is 6.07 Å². The van der Waals surface area contributed by atoms with E-state index in [1.54, 1.807) is 24.3 Å². The summed E-state index contributed by atoms with van der Waals surface area (Å²) in [5.74, 6) is 0. The predicted octanol–water partition coefficient (Wildman–Crippen LogP) is 0.564. The maximum atomic E-state index is 9.78. The minimum Gasteiger partial charge on any atom is -0.396 e. The van der Waals surface area contributed by atoms with Crippen LogP contribution in [0.3, 0.4) is 0 Å². The van der Waals surface area contributed by atoms with Gasteiger partial charge in [0.05, 0.1) is 17.7 Å². The van der Waals surface area contributed by atoms with Gasteiger partial charge in [0.1, 0.15) is 0 Å². The molecule has 0 aliphatic heterocycles. The van der Waals surface area contributed by atoms with Crippen molar-refractivity contribution in [1.82, 2.24) is 5.32 Å². The number of aliphatic hydroxyl groups excluding tert-OH is 2. The van der Waals surface area contributed by atoms with Crippen LogP contribution in [0.25, 0.3) is 0 Å². The fourth-order valence-electron chi connectivity index (χ4n) is 1.34. The molecule has 0 aromatic heterocycles. The van der Waals surface area contributed by atoms with Gasteiger partial charge in [0.25, 0.3) is 0 Å². The van der Waals surface area contributed by atoms with Gasteiger partial charge in [-0.1, -0.05) is 12.1 Å². The van der Waals surface area contributed by atoms with Crippen molar-refractivity contribution in [2.24, 2.45) is 0 Å². The molecule has 86 valence electrons. The van der Waals surface area contributed by atoms with Gasteiger partial charge in [0.2, 0.25) is 0 Å². The van der Waals surface area contributed by atoms with Gasteiger partial charge >= 0.3 is 0 Å². The molecule has 0 spiro atoms. The van der Waals surface area contributed by atoms with Gasteiger partial charge in [-0.3, -0.25) is 0 Å². The molecule has 0 heterocycles. The molecule has 0 fully saturated rings. The summed E-state index contributed by atoms with van der Waals surface area (Å²) in [7, 11) is 0. The molecule has 0 saturated heterocycles. The average molecular weight is 220 g/mol. The third kappa shape index (κ3) is 3.99. The first-order valence-corrected chi connectivity index (χ1v) is 5.27. The minimum absolute atomic E-state index is 0.153. The monoisotopic (exact) mass is 220 g/mol. The van der Waals surface area contributed by atoms with Gasteiger partial charge < -0.3 is 15.5 Å². The highest BCUT2D eigenvalue weighted by atomic mass is 16.3. The zero-order valence-electron chi connectivity index (χ0n) is 9.06. The lowest BCUT2D eigenvalue weighted by atomic mass is 10.1. The number of aliphatic hydroxyl groups is 2. The lowest BCUT2D eigenvalue weighted by molar-refractivity contribution is 0.173. The lowest BCUT2D eigenvalue weighted by Gasteiger charge is -2.11. The van der Waals surface area contributed by atoms with Gasteiger partial charge in [-0.2, -0.15) is 5.26 Å². The Bertz CT molecular complexity index is 343. The second-order valence-corrected chi connectivity index (χ2v) is 3.53. The topological polar surface area (TPSA) is 76.3 Å². The Hall–Kier alpha value is -1.41. The molecule has 0 bridgehead atoms. The van der Waals surface area contributed by atoms with E-state index in [9.17, 15) is 5.11 Å². The molecule has 0 aliphatic rings. The van der Waals surface area contributed by atoms with Crippen molar-refractivity contribution in [3.63, 3.8) is 0 Å². The van der Waals surface area contributed by atoms with E-state index >= 15 is 0 Å². The molecule has 1 aromatic carbocycles. The van der Waals surface area contributed by atoms with Crippen molar-refractivity contribution in [3.8, 4) is 6.07 Å². The highest BCUT2D eigenvalue weighted by Gasteiger charge is 2.06. The molecule has 0 aliphatic carbocycles. The number of rotatable bonds is 6. The number of hydrogen-bond donors (Lipinski definition) is 3. The highest BCUT2D eigenvalue weighted by molar-refractivity contribution is 5.32. The summed E-state index contributed by atoms with van der Waals surface area (Å²) < 4.78 is 0. The molecule has 4 heteroatoms. The maximum absolute atomic E-state index is 9.78. The summed E-state index contributed by atoms with van der Waals surface area (Å²) in [4.78, 5) is 0. The fraction of sp³-hybridized carbons (Fsp3) is 0.417. The predicted molar refractivity (Wildman–Crippen MR) is 60.7 cm³/mol.